The van der Waals surface area contributed by atoms with Gasteiger partial charge in [-0.1, -0.05) is 0 Å². The average molecular weight is 251 g/mol. The summed E-state index contributed by atoms with van der Waals surface area (Å²) < 4.78 is 38.7. The number of halogens is 3. The third-order valence-corrected chi connectivity index (χ3v) is 2.11. The zero-order valence-electron chi connectivity index (χ0n) is 9.32. The number of nitrogens with zero attached hydrogens (tertiary/aromatic N) is 3. The van der Waals surface area contributed by atoms with Crippen molar-refractivity contribution in [2.45, 2.75) is 6.18 Å². The number of aliphatic hydroxyl groups is 1. The maximum Gasteiger partial charge on any atom is 0.435 e. The molecule has 0 saturated heterocycles. The number of carbonyl (C=O) groups excluding carboxylic acids is 1. The standard InChI is InChI=1S/C9H12F3N3O2/c1-14(3-4-16)8(17)6-5-15(2)13-7(6)9(10,11)12/h5,16H,3-4H2,1-2H3. The summed E-state index contributed by atoms with van der Waals surface area (Å²) in [7, 11) is 2.61. The van der Waals surface area contributed by atoms with E-state index >= 15 is 0 Å². The molecule has 5 nitrogen and oxygen atoms in total. The van der Waals surface area contributed by atoms with Crippen LogP contribution in [0.3, 0.4) is 0 Å². The SMILES string of the molecule is CN(CCO)C(=O)c1cn(C)nc1C(F)(F)F. The molecule has 0 radical (unpaired) electrons. The van der Waals surface area contributed by atoms with Crippen molar-refractivity contribution in [3.8, 4) is 0 Å². The topological polar surface area (TPSA) is 58.4 Å². The Hall–Kier alpha value is -1.57. The van der Waals surface area contributed by atoms with Crippen LogP contribution in [0.25, 0.3) is 0 Å². The lowest BCUT2D eigenvalue weighted by Crippen LogP contribution is -2.30. The van der Waals surface area contributed by atoms with Gasteiger partial charge in [-0.25, -0.2) is 0 Å². The molecule has 1 rings (SSSR count). The summed E-state index contributed by atoms with van der Waals surface area (Å²) in [5.74, 6) is -0.820. The van der Waals surface area contributed by atoms with Crippen LogP contribution in [0.2, 0.25) is 0 Å². The first-order valence-corrected chi connectivity index (χ1v) is 4.74. The van der Waals surface area contributed by atoms with Crippen LogP contribution in [-0.2, 0) is 13.2 Å². The monoisotopic (exact) mass is 251 g/mol. The maximum absolute atomic E-state index is 12.6. The number of carbonyl (C=O) groups is 1. The zero-order valence-corrected chi connectivity index (χ0v) is 9.32. The lowest BCUT2D eigenvalue weighted by Gasteiger charge is -2.15. The van der Waals surface area contributed by atoms with Gasteiger partial charge in [0.05, 0.1) is 12.2 Å². The lowest BCUT2D eigenvalue weighted by molar-refractivity contribution is -0.141. The van der Waals surface area contributed by atoms with E-state index in [1.807, 2.05) is 0 Å². The minimum atomic E-state index is -4.67. The average Bonchev–Trinajstić information content (AvgIpc) is 2.59. The Bertz CT molecular complexity index is 414. The van der Waals surface area contributed by atoms with Crippen molar-refractivity contribution in [3.05, 3.63) is 17.5 Å². The van der Waals surface area contributed by atoms with Gasteiger partial charge in [-0.3, -0.25) is 9.48 Å². The molecule has 0 aliphatic carbocycles. The molecule has 0 unspecified atom stereocenters. The quantitative estimate of drug-likeness (QED) is 0.851. The van der Waals surface area contributed by atoms with E-state index < -0.39 is 23.3 Å². The lowest BCUT2D eigenvalue weighted by atomic mass is 10.2. The Labute approximate surface area is 95.4 Å². The van der Waals surface area contributed by atoms with E-state index in [4.69, 9.17) is 5.11 Å². The molecule has 0 aliphatic rings. The molecule has 0 spiro atoms. The van der Waals surface area contributed by atoms with Gasteiger partial charge in [0.25, 0.3) is 5.91 Å². The predicted octanol–water partition coefficient (Wildman–Crippen LogP) is 0.503. The minimum Gasteiger partial charge on any atom is -0.395 e. The summed E-state index contributed by atoms with van der Waals surface area (Å²) in [4.78, 5) is 12.7. The van der Waals surface area contributed by atoms with Gasteiger partial charge in [0.15, 0.2) is 5.69 Å². The van der Waals surface area contributed by atoms with E-state index in [2.05, 4.69) is 5.10 Å². The number of hydrogen-bond acceptors (Lipinski definition) is 3. The summed E-state index contributed by atoms with van der Waals surface area (Å²) in [5, 5.41) is 11.9. The molecular formula is C9H12F3N3O2. The van der Waals surface area contributed by atoms with Gasteiger partial charge in [0, 0.05) is 26.8 Å². The largest absolute Gasteiger partial charge is 0.435 e. The normalized spacial score (nSPS) is 11.6. The molecule has 17 heavy (non-hydrogen) atoms. The fraction of sp³-hybridized carbons (Fsp3) is 0.556. The summed E-state index contributed by atoms with van der Waals surface area (Å²) >= 11 is 0. The first kappa shape index (κ1) is 13.5. The van der Waals surface area contributed by atoms with Crippen molar-refractivity contribution in [1.82, 2.24) is 14.7 Å². The van der Waals surface area contributed by atoms with Crippen molar-refractivity contribution < 1.29 is 23.1 Å². The molecule has 1 aromatic rings. The number of amides is 1. The molecule has 0 bridgehead atoms. The van der Waals surface area contributed by atoms with Crippen molar-refractivity contribution in [1.29, 1.82) is 0 Å². The van der Waals surface area contributed by atoms with Crippen LogP contribution in [0, 0.1) is 0 Å². The Balaban J connectivity index is 3.09. The third-order valence-electron chi connectivity index (χ3n) is 2.11. The van der Waals surface area contributed by atoms with Crippen LogP contribution >= 0.6 is 0 Å². The van der Waals surface area contributed by atoms with E-state index in [1.54, 1.807) is 0 Å². The fourth-order valence-electron chi connectivity index (χ4n) is 1.31. The number of likely N-dealkylation sites (N-methyl/N-ethyl adjacent to an activating group) is 1. The molecule has 1 amide bonds. The molecule has 1 aromatic heterocycles. The Morgan fingerprint density at radius 2 is 2.18 bits per heavy atom. The Morgan fingerprint density at radius 3 is 2.65 bits per heavy atom. The first-order valence-electron chi connectivity index (χ1n) is 4.74. The maximum atomic E-state index is 12.6. The van der Waals surface area contributed by atoms with Crippen LogP contribution in [0.4, 0.5) is 13.2 Å². The van der Waals surface area contributed by atoms with Gasteiger partial charge in [0.2, 0.25) is 0 Å². The van der Waals surface area contributed by atoms with Crippen molar-refractivity contribution in [3.63, 3.8) is 0 Å². The highest BCUT2D eigenvalue weighted by Crippen LogP contribution is 2.30. The Kier molecular flexibility index (Phi) is 3.76. The number of alkyl halides is 3. The second-order valence-corrected chi connectivity index (χ2v) is 3.51. The summed E-state index contributed by atoms with van der Waals surface area (Å²) in [6.45, 7) is -0.352. The molecule has 0 fully saturated rings. The van der Waals surface area contributed by atoms with E-state index in [0.717, 1.165) is 15.8 Å². The number of hydrogen-bond donors (Lipinski definition) is 1. The van der Waals surface area contributed by atoms with E-state index in [1.165, 1.54) is 14.1 Å². The molecule has 0 aromatic carbocycles. The van der Waals surface area contributed by atoms with E-state index in [0.29, 0.717) is 0 Å². The molecule has 96 valence electrons. The predicted molar refractivity (Wildman–Crippen MR) is 52.3 cm³/mol. The van der Waals surface area contributed by atoms with Gasteiger partial charge >= 0.3 is 6.18 Å². The minimum absolute atomic E-state index is 0.0367. The van der Waals surface area contributed by atoms with Crippen LogP contribution < -0.4 is 0 Å². The highest BCUT2D eigenvalue weighted by molar-refractivity contribution is 5.95. The summed E-state index contributed by atoms with van der Waals surface area (Å²) in [6.07, 6.45) is -3.66. The molecule has 1 N–H and O–H groups in total. The number of aryl methyl sites for hydroxylation is 1. The van der Waals surface area contributed by atoms with Gasteiger partial charge in [-0.2, -0.15) is 18.3 Å². The van der Waals surface area contributed by atoms with Crippen LogP contribution in [-0.4, -0.2) is 45.9 Å². The fourth-order valence-corrected chi connectivity index (χ4v) is 1.31. The van der Waals surface area contributed by atoms with Crippen LogP contribution in [0.15, 0.2) is 6.20 Å². The highest BCUT2D eigenvalue weighted by Gasteiger charge is 2.39. The highest BCUT2D eigenvalue weighted by atomic mass is 19.4. The number of aromatic nitrogens is 2. The molecule has 0 aliphatic heterocycles. The van der Waals surface area contributed by atoms with Crippen molar-refractivity contribution in [2.24, 2.45) is 7.05 Å². The molecule has 8 heteroatoms. The first-order chi connectivity index (χ1) is 7.77. The smallest absolute Gasteiger partial charge is 0.395 e. The summed E-state index contributed by atoms with van der Waals surface area (Å²) in [5.41, 5.74) is -1.73. The zero-order chi connectivity index (χ0) is 13.2. The van der Waals surface area contributed by atoms with E-state index in [-0.39, 0.29) is 13.2 Å². The van der Waals surface area contributed by atoms with E-state index in [9.17, 15) is 18.0 Å². The molecular weight excluding hydrogens is 239 g/mol. The second-order valence-electron chi connectivity index (χ2n) is 3.51. The Morgan fingerprint density at radius 1 is 1.59 bits per heavy atom. The van der Waals surface area contributed by atoms with Crippen molar-refractivity contribution >= 4 is 5.91 Å². The van der Waals surface area contributed by atoms with Crippen LogP contribution in [0.1, 0.15) is 16.1 Å². The van der Waals surface area contributed by atoms with Gasteiger partial charge < -0.3 is 10.0 Å². The van der Waals surface area contributed by atoms with Gasteiger partial charge in [0.1, 0.15) is 0 Å². The second kappa shape index (κ2) is 4.74. The van der Waals surface area contributed by atoms with Gasteiger partial charge in [-0.05, 0) is 0 Å². The van der Waals surface area contributed by atoms with Crippen LogP contribution in [0.5, 0.6) is 0 Å². The summed E-state index contributed by atoms with van der Waals surface area (Å²) in [6, 6.07) is 0. The number of aliphatic hydroxyl groups excluding tert-OH is 1. The number of rotatable bonds is 3. The third kappa shape index (κ3) is 2.96. The van der Waals surface area contributed by atoms with Crippen molar-refractivity contribution in [2.75, 3.05) is 20.2 Å². The molecule has 1 heterocycles. The van der Waals surface area contributed by atoms with Gasteiger partial charge in [-0.15, -0.1) is 0 Å². The molecule has 0 atom stereocenters. The molecule has 0 saturated carbocycles.